The van der Waals surface area contributed by atoms with Gasteiger partial charge in [-0.1, -0.05) is 5.92 Å². The van der Waals surface area contributed by atoms with E-state index in [9.17, 15) is 0 Å². The van der Waals surface area contributed by atoms with Gasteiger partial charge in [-0.15, -0.1) is 15.3 Å². The number of imidazole rings is 1. The van der Waals surface area contributed by atoms with E-state index in [2.05, 4.69) is 37.2 Å². The molecule has 0 amide bonds. The fraction of sp³-hybridized carbons (Fsp3) is 0.238. The maximum Gasteiger partial charge on any atom is 0.248 e. The van der Waals surface area contributed by atoms with Gasteiger partial charge in [0.25, 0.3) is 0 Å². The Labute approximate surface area is 177 Å². The molecule has 31 heavy (non-hydrogen) atoms. The molecule has 1 aromatic carbocycles. The molecule has 0 aliphatic carbocycles. The topological polar surface area (TPSA) is 105 Å². The second kappa shape index (κ2) is 7.62. The molecule has 0 saturated heterocycles. The highest BCUT2D eigenvalue weighted by Gasteiger charge is 2.26. The minimum Gasteiger partial charge on any atom is -0.497 e. The van der Waals surface area contributed by atoms with Crippen LogP contribution in [0.3, 0.4) is 0 Å². The largest absolute Gasteiger partial charge is 0.497 e. The molecular weight excluding hydrogens is 398 g/mol. The van der Waals surface area contributed by atoms with Gasteiger partial charge in [0.05, 0.1) is 32.1 Å². The highest BCUT2D eigenvalue weighted by molar-refractivity contribution is 5.71. The molecule has 10 heteroatoms. The number of aromatic amines is 1. The summed E-state index contributed by atoms with van der Waals surface area (Å²) in [6.45, 7) is 0.832. The Balaban J connectivity index is 1.68. The lowest BCUT2D eigenvalue weighted by atomic mass is 10.1. The normalized spacial score (nSPS) is 11.6. The van der Waals surface area contributed by atoms with Crippen LogP contribution in [-0.2, 0) is 17.9 Å². The lowest BCUT2D eigenvalue weighted by molar-refractivity contribution is 0.174. The molecule has 1 aliphatic heterocycles. The Bertz CT molecular complexity index is 1320. The van der Waals surface area contributed by atoms with E-state index in [-0.39, 0.29) is 0 Å². The highest BCUT2D eigenvalue weighted by Crippen LogP contribution is 2.34. The van der Waals surface area contributed by atoms with E-state index in [1.807, 2.05) is 27.3 Å². The number of nitrogens with one attached hydrogen (secondary N) is 1. The SMILES string of the molecule is COCc1nnc2n1Cc1c(C#Cc3c[nH]nc3OC)ncn1-c1ccc(OC)cc1-2. The van der Waals surface area contributed by atoms with E-state index >= 15 is 0 Å². The smallest absolute Gasteiger partial charge is 0.248 e. The molecule has 0 saturated carbocycles. The molecule has 4 heterocycles. The van der Waals surface area contributed by atoms with Crippen LogP contribution in [0.2, 0.25) is 0 Å². The molecule has 1 aliphatic rings. The minimum atomic E-state index is 0.341. The van der Waals surface area contributed by atoms with Gasteiger partial charge in [-0.2, -0.15) is 0 Å². The van der Waals surface area contributed by atoms with Crippen LogP contribution in [0.1, 0.15) is 22.8 Å². The fourth-order valence-electron chi connectivity index (χ4n) is 3.60. The molecular formula is C21H19N7O3. The van der Waals surface area contributed by atoms with Crippen LogP contribution in [0.5, 0.6) is 11.6 Å². The van der Waals surface area contributed by atoms with Crippen LogP contribution in [0.15, 0.2) is 30.7 Å². The zero-order chi connectivity index (χ0) is 21.4. The molecule has 0 radical (unpaired) electrons. The summed E-state index contributed by atoms with van der Waals surface area (Å²) in [7, 11) is 4.83. The van der Waals surface area contributed by atoms with Crippen molar-refractivity contribution in [3.05, 3.63) is 53.5 Å². The van der Waals surface area contributed by atoms with Gasteiger partial charge in [0, 0.05) is 18.9 Å². The van der Waals surface area contributed by atoms with Gasteiger partial charge in [0.1, 0.15) is 29.9 Å². The van der Waals surface area contributed by atoms with Gasteiger partial charge in [-0.3, -0.25) is 9.67 Å². The fourth-order valence-corrected chi connectivity index (χ4v) is 3.60. The molecule has 10 nitrogen and oxygen atoms in total. The van der Waals surface area contributed by atoms with Crippen molar-refractivity contribution in [1.82, 2.24) is 34.5 Å². The van der Waals surface area contributed by atoms with Gasteiger partial charge >= 0.3 is 0 Å². The van der Waals surface area contributed by atoms with Crippen molar-refractivity contribution in [3.63, 3.8) is 0 Å². The molecule has 0 spiro atoms. The summed E-state index contributed by atoms with van der Waals surface area (Å²) in [4.78, 5) is 4.57. The van der Waals surface area contributed by atoms with Crippen molar-refractivity contribution in [2.45, 2.75) is 13.2 Å². The molecule has 0 bridgehead atoms. The van der Waals surface area contributed by atoms with Crippen molar-refractivity contribution >= 4 is 0 Å². The predicted octanol–water partition coefficient (Wildman–Crippen LogP) is 1.78. The summed E-state index contributed by atoms with van der Waals surface area (Å²) >= 11 is 0. The number of hydrogen-bond acceptors (Lipinski definition) is 7. The van der Waals surface area contributed by atoms with E-state index < -0.39 is 0 Å². The van der Waals surface area contributed by atoms with Crippen molar-refractivity contribution in [2.24, 2.45) is 0 Å². The minimum absolute atomic E-state index is 0.341. The van der Waals surface area contributed by atoms with Crippen LogP contribution in [0.4, 0.5) is 0 Å². The van der Waals surface area contributed by atoms with Crippen molar-refractivity contribution in [2.75, 3.05) is 21.3 Å². The Kier molecular flexibility index (Phi) is 4.65. The molecule has 4 aromatic rings. The number of benzene rings is 1. The third kappa shape index (κ3) is 3.12. The van der Waals surface area contributed by atoms with E-state index in [4.69, 9.17) is 14.2 Å². The van der Waals surface area contributed by atoms with E-state index in [1.54, 1.807) is 33.9 Å². The summed E-state index contributed by atoms with van der Waals surface area (Å²) in [5.41, 5.74) is 4.04. The Morgan fingerprint density at radius 1 is 1.13 bits per heavy atom. The predicted molar refractivity (Wildman–Crippen MR) is 110 cm³/mol. The summed E-state index contributed by atoms with van der Waals surface area (Å²) in [5, 5.41) is 15.5. The zero-order valence-corrected chi connectivity index (χ0v) is 17.2. The quantitative estimate of drug-likeness (QED) is 0.445. The first-order valence-corrected chi connectivity index (χ1v) is 9.49. The molecule has 0 fully saturated rings. The van der Waals surface area contributed by atoms with Gasteiger partial charge < -0.3 is 18.8 Å². The van der Waals surface area contributed by atoms with Crippen LogP contribution in [0.25, 0.3) is 17.1 Å². The first kappa shape index (κ1) is 18.9. The number of aromatic nitrogens is 7. The van der Waals surface area contributed by atoms with Gasteiger partial charge in [-0.25, -0.2) is 4.98 Å². The number of H-pyrrole nitrogens is 1. The first-order chi connectivity index (χ1) is 15.2. The second-order valence-corrected chi connectivity index (χ2v) is 6.81. The average molecular weight is 417 g/mol. The summed E-state index contributed by atoms with van der Waals surface area (Å²) in [6.07, 6.45) is 3.46. The first-order valence-electron chi connectivity index (χ1n) is 9.49. The average Bonchev–Trinajstić information content (AvgIpc) is 3.50. The number of nitrogens with zero attached hydrogens (tertiary/aromatic N) is 6. The molecule has 156 valence electrons. The van der Waals surface area contributed by atoms with Gasteiger partial charge in [0.15, 0.2) is 11.6 Å². The maximum absolute atomic E-state index is 5.44. The number of ether oxygens (including phenoxy) is 3. The Hall–Kier alpha value is -4.10. The van der Waals surface area contributed by atoms with E-state index in [0.717, 1.165) is 34.3 Å². The lowest BCUT2D eigenvalue weighted by Gasteiger charge is -2.09. The summed E-state index contributed by atoms with van der Waals surface area (Å²) in [5.74, 6) is 8.87. The van der Waals surface area contributed by atoms with Gasteiger partial charge in [-0.05, 0) is 24.1 Å². The number of fused-ring (bicyclic) bond motifs is 5. The third-order valence-electron chi connectivity index (χ3n) is 5.09. The second-order valence-electron chi connectivity index (χ2n) is 6.81. The number of methoxy groups -OCH3 is 3. The molecule has 0 atom stereocenters. The molecule has 0 unspecified atom stereocenters. The third-order valence-corrected chi connectivity index (χ3v) is 5.09. The van der Waals surface area contributed by atoms with Crippen LogP contribution in [0, 0.1) is 11.8 Å². The van der Waals surface area contributed by atoms with E-state index in [0.29, 0.717) is 30.3 Å². The zero-order valence-electron chi connectivity index (χ0n) is 17.2. The Morgan fingerprint density at radius 3 is 2.84 bits per heavy atom. The van der Waals surface area contributed by atoms with Crippen molar-refractivity contribution < 1.29 is 14.2 Å². The van der Waals surface area contributed by atoms with Crippen LogP contribution in [-0.4, -0.2) is 55.8 Å². The van der Waals surface area contributed by atoms with Crippen molar-refractivity contribution in [1.29, 1.82) is 0 Å². The lowest BCUT2D eigenvalue weighted by Crippen LogP contribution is -2.09. The summed E-state index contributed by atoms with van der Waals surface area (Å²) < 4.78 is 20.0. The summed E-state index contributed by atoms with van der Waals surface area (Å²) in [6, 6.07) is 5.84. The number of rotatable bonds is 4. The Morgan fingerprint density at radius 2 is 2.03 bits per heavy atom. The van der Waals surface area contributed by atoms with Crippen molar-refractivity contribution in [3.8, 4) is 40.5 Å². The molecule has 3 aromatic heterocycles. The molecule has 1 N–H and O–H groups in total. The van der Waals surface area contributed by atoms with Crippen LogP contribution >= 0.6 is 0 Å². The van der Waals surface area contributed by atoms with Gasteiger partial charge in [0.2, 0.25) is 5.88 Å². The monoisotopic (exact) mass is 417 g/mol. The van der Waals surface area contributed by atoms with Crippen LogP contribution < -0.4 is 9.47 Å². The van der Waals surface area contributed by atoms with E-state index in [1.165, 1.54) is 0 Å². The maximum atomic E-state index is 5.44. The standard InChI is InChI=1S/C21H19N7O3/c1-29-11-19-24-25-20-15-8-14(30-2)5-7-17(15)28-12-22-16(18(28)10-27(19)20)6-4-13-9-23-26-21(13)31-3/h5,7-9,12H,10-11H2,1-3H3,(H,23,26). The number of hydrogen-bond donors (Lipinski definition) is 1. The molecule has 5 rings (SSSR count). The highest BCUT2D eigenvalue weighted by atomic mass is 16.5.